The van der Waals surface area contributed by atoms with Gasteiger partial charge in [-0.1, -0.05) is 32.9 Å². The zero-order valence-corrected chi connectivity index (χ0v) is 18.9. The summed E-state index contributed by atoms with van der Waals surface area (Å²) in [5, 5.41) is 14.2. The molecule has 0 fully saturated rings. The predicted molar refractivity (Wildman–Crippen MR) is 121 cm³/mol. The number of nitro groups is 1. The largest absolute Gasteiger partial charge is 0.465 e. The van der Waals surface area contributed by atoms with Crippen molar-refractivity contribution in [3.8, 4) is 0 Å². The van der Waals surface area contributed by atoms with Crippen LogP contribution in [-0.4, -0.2) is 23.9 Å². The number of carbonyl (C=O) groups excluding carboxylic acids is 2. The van der Waals surface area contributed by atoms with E-state index in [9.17, 15) is 19.7 Å². The van der Waals surface area contributed by atoms with Gasteiger partial charge in [0, 0.05) is 23.1 Å². The molecule has 1 aromatic heterocycles. The molecule has 0 bridgehead atoms. The van der Waals surface area contributed by atoms with Gasteiger partial charge in [0.05, 0.1) is 17.6 Å². The second-order valence-corrected chi connectivity index (χ2v) is 9.79. The van der Waals surface area contributed by atoms with Gasteiger partial charge in [-0.25, -0.2) is 4.79 Å². The molecule has 0 saturated carbocycles. The third-order valence-corrected chi connectivity index (χ3v) is 6.79. The number of rotatable bonds is 5. The molecule has 1 atom stereocenters. The van der Waals surface area contributed by atoms with Crippen molar-refractivity contribution in [1.29, 1.82) is 0 Å². The zero-order valence-electron chi connectivity index (χ0n) is 18.1. The molecule has 31 heavy (non-hydrogen) atoms. The number of ether oxygens (including phenoxy) is 1. The van der Waals surface area contributed by atoms with E-state index in [1.54, 1.807) is 12.1 Å². The van der Waals surface area contributed by atoms with E-state index in [4.69, 9.17) is 4.74 Å². The number of methoxy groups -OCH3 is 1. The van der Waals surface area contributed by atoms with Gasteiger partial charge >= 0.3 is 5.97 Å². The molecule has 1 N–H and O–H groups in total. The molecule has 2 aromatic rings. The van der Waals surface area contributed by atoms with Crippen LogP contribution in [0.3, 0.4) is 0 Å². The molecule has 0 spiro atoms. The van der Waals surface area contributed by atoms with Gasteiger partial charge in [0.15, 0.2) is 0 Å². The number of nitrogens with zero attached hydrogens (tertiary/aromatic N) is 1. The van der Waals surface area contributed by atoms with E-state index in [0.29, 0.717) is 22.0 Å². The fourth-order valence-corrected chi connectivity index (χ4v) is 5.12. The summed E-state index contributed by atoms with van der Waals surface area (Å²) in [6.07, 6.45) is 5.43. The number of hydrogen-bond donors (Lipinski definition) is 1. The molecule has 1 aliphatic rings. The molecule has 1 heterocycles. The minimum absolute atomic E-state index is 0.0464. The Morgan fingerprint density at radius 3 is 2.71 bits per heavy atom. The fraction of sp³-hybridized carbons (Fsp3) is 0.391. The smallest absolute Gasteiger partial charge is 0.341 e. The summed E-state index contributed by atoms with van der Waals surface area (Å²) >= 11 is 1.43. The third-order valence-electron chi connectivity index (χ3n) is 5.62. The summed E-state index contributed by atoms with van der Waals surface area (Å²) in [5.74, 6) is -0.367. The number of esters is 1. The van der Waals surface area contributed by atoms with Gasteiger partial charge in [-0.3, -0.25) is 14.9 Å². The lowest BCUT2D eigenvalue weighted by molar-refractivity contribution is -0.384. The number of carbonyl (C=O) groups is 2. The molecule has 1 amide bonds. The number of benzene rings is 1. The van der Waals surface area contributed by atoms with Gasteiger partial charge in [0.1, 0.15) is 5.00 Å². The number of anilines is 1. The number of hydrogen-bond acceptors (Lipinski definition) is 6. The third kappa shape index (κ3) is 5.19. The Labute approximate surface area is 185 Å². The normalized spacial score (nSPS) is 16.1. The number of amides is 1. The van der Waals surface area contributed by atoms with Gasteiger partial charge in [0.2, 0.25) is 5.91 Å². The molecule has 8 heteroatoms. The predicted octanol–water partition coefficient (Wildman–Crippen LogP) is 5.25. The quantitative estimate of drug-likeness (QED) is 0.295. The van der Waals surface area contributed by atoms with Gasteiger partial charge < -0.3 is 10.1 Å². The maximum absolute atomic E-state index is 12.5. The first kappa shape index (κ1) is 22.7. The Morgan fingerprint density at radius 1 is 1.32 bits per heavy atom. The van der Waals surface area contributed by atoms with Crippen LogP contribution in [0.4, 0.5) is 10.7 Å². The Kier molecular flexibility index (Phi) is 6.59. The number of nitro benzene ring substituents is 1. The summed E-state index contributed by atoms with van der Waals surface area (Å²) in [6, 6.07) is 6.01. The van der Waals surface area contributed by atoms with Gasteiger partial charge in [0.25, 0.3) is 5.69 Å². The van der Waals surface area contributed by atoms with Crippen molar-refractivity contribution in [2.75, 3.05) is 12.4 Å². The molecule has 164 valence electrons. The SMILES string of the molecule is COC(=O)c1c(NC(=O)/C=C\c2cccc([N+](=O)[O-])c2)sc2c1CC[C@@H](C(C)(C)C)C2. The van der Waals surface area contributed by atoms with E-state index in [1.165, 1.54) is 42.7 Å². The summed E-state index contributed by atoms with van der Waals surface area (Å²) in [4.78, 5) is 36.5. The average molecular weight is 443 g/mol. The summed E-state index contributed by atoms with van der Waals surface area (Å²) < 4.78 is 4.98. The summed E-state index contributed by atoms with van der Waals surface area (Å²) in [5.41, 5.74) is 2.06. The Balaban J connectivity index is 1.83. The minimum Gasteiger partial charge on any atom is -0.465 e. The highest BCUT2D eigenvalue weighted by Crippen LogP contribution is 2.44. The van der Waals surface area contributed by atoms with E-state index < -0.39 is 16.8 Å². The van der Waals surface area contributed by atoms with E-state index in [-0.39, 0.29) is 11.1 Å². The molecule has 1 aliphatic carbocycles. The molecular formula is C23H26N2O5S. The van der Waals surface area contributed by atoms with Gasteiger partial charge in [-0.15, -0.1) is 11.3 Å². The molecule has 7 nitrogen and oxygen atoms in total. The van der Waals surface area contributed by atoms with Gasteiger partial charge in [-0.2, -0.15) is 0 Å². The second-order valence-electron chi connectivity index (χ2n) is 8.68. The van der Waals surface area contributed by atoms with Crippen molar-refractivity contribution in [3.05, 3.63) is 62.0 Å². The van der Waals surface area contributed by atoms with Crippen LogP contribution in [-0.2, 0) is 22.4 Å². The highest BCUT2D eigenvalue weighted by molar-refractivity contribution is 7.17. The van der Waals surface area contributed by atoms with Crippen molar-refractivity contribution >= 4 is 40.0 Å². The van der Waals surface area contributed by atoms with Crippen LogP contribution in [0, 0.1) is 21.4 Å². The monoisotopic (exact) mass is 442 g/mol. The van der Waals surface area contributed by atoms with Crippen LogP contribution in [0.25, 0.3) is 6.08 Å². The van der Waals surface area contributed by atoms with Crippen LogP contribution in [0.1, 0.15) is 53.6 Å². The minimum atomic E-state index is -0.485. The Hall–Kier alpha value is -3.00. The van der Waals surface area contributed by atoms with Crippen LogP contribution in [0.15, 0.2) is 30.3 Å². The number of non-ortho nitro benzene ring substituents is 1. The standard InChI is InChI=1S/C23H26N2O5S/c1-23(2,3)15-9-10-17-18(13-15)31-21(20(17)22(27)30-4)24-19(26)11-8-14-6-5-7-16(12-14)25(28)29/h5-8,11-12,15H,9-10,13H2,1-4H3,(H,24,26)/b11-8-/t15-/m1/s1. The highest BCUT2D eigenvalue weighted by atomic mass is 32.1. The average Bonchev–Trinajstić information content (AvgIpc) is 3.08. The molecule has 0 aliphatic heterocycles. The van der Waals surface area contributed by atoms with E-state index in [1.807, 2.05) is 0 Å². The molecule has 1 aromatic carbocycles. The van der Waals surface area contributed by atoms with E-state index in [2.05, 4.69) is 26.1 Å². The number of fused-ring (bicyclic) bond motifs is 1. The Bertz CT molecular complexity index is 1050. The molecular weight excluding hydrogens is 416 g/mol. The topological polar surface area (TPSA) is 98.5 Å². The number of nitrogens with one attached hydrogen (secondary N) is 1. The van der Waals surface area contributed by atoms with Crippen LogP contribution in [0.2, 0.25) is 0 Å². The summed E-state index contributed by atoms with van der Waals surface area (Å²) in [7, 11) is 1.33. The van der Waals surface area contributed by atoms with Crippen LogP contribution < -0.4 is 5.32 Å². The first-order valence-electron chi connectivity index (χ1n) is 10.1. The van der Waals surface area contributed by atoms with E-state index >= 15 is 0 Å². The molecule has 0 saturated heterocycles. The molecule has 3 rings (SSSR count). The second kappa shape index (κ2) is 9.01. The van der Waals surface area contributed by atoms with Crippen molar-refractivity contribution in [3.63, 3.8) is 0 Å². The first-order valence-corrected chi connectivity index (χ1v) is 10.9. The number of thiophene rings is 1. The lowest BCUT2D eigenvalue weighted by Gasteiger charge is -2.33. The summed E-state index contributed by atoms with van der Waals surface area (Å²) in [6.45, 7) is 6.66. The molecule has 0 radical (unpaired) electrons. The highest BCUT2D eigenvalue weighted by Gasteiger charge is 2.34. The van der Waals surface area contributed by atoms with Crippen molar-refractivity contribution in [2.24, 2.45) is 11.3 Å². The van der Waals surface area contributed by atoms with Crippen LogP contribution in [0.5, 0.6) is 0 Å². The maximum Gasteiger partial charge on any atom is 0.341 e. The van der Waals surface area contributed by atoms with Crippen molar-refractivity contribution in [1.82, 2.24) is 0 Å². The lowest BCUT2D eigenvalue weighted by Crippen LogP contribution is -2.26. The zero-order chi connectivity index (χ0) is 22.8. The van der Waals surface area contributed by atoms with Crippen molar-refractivity contribution < 1.29 is 19.2 Å². The lowest BCUT2D eigenvalue weighted by atomic mass is 9.72. The Morgan fingerprint density at radius 2 is 2.06 bits per heavy atom. The molecule has 0 unspecified atom stereocenters. The van der Waals surface area contributed by atoms with Crippen molar-refractivity contribution in [2.45, 2.75) is 40.0 Å². The van der Waals surface area contributed by atoms with E-state index in [0.717, 1.165) is 29.7 Å². The maximum atomic E-state index is 12.5. The van der Waals surface area contributed by atoms with Crippen LogP contribution >= 0.6 is 11.3 Å². The van der Waals surface area contributed by atoms with Gasteiger partial charge in [-0.05, 0) is 47.8 Å². The fourth-order valence-electron chi connectivity index (χ4n) is 3.80. The first-order chi connectivity index (χ1) is 14.6.